The smallest absolute Gasteiger partial charge is 0.306 e. The Morgan fingerprint density at radius 1 is 1.50 bits per heavy atom. The summed E-state index contributed by atoms with van der Waals surface area (Å²) in [6.07, 6.45) is 2.96. The van der Waals surface area contributed by atoms with Gasteiger partial charge in [-0.05, 0) is 49.4 Å². The highest BCUT2D eigenvalue weighted by Crippen LogP contribution is 2.35. The molecular weight excluding hydrogens is 257 g/mol. The second kappa shape index (κ2) is 4.93. The van der Waals surface area contributed by atoms with Crippen LogP contribution < -0.4 is 0 Å². The maximum Gasteiger partial charge on any atom is 0.306 e. The van der Waals surface area contributed by atoms with Gasteiger partial charge in [0.15, 0.2) is 0 Å². The Bertz CT molecular complexity index is 675. The van der Waals surface area contributed by atoms with E-state index < -0.39 is 5.97 Å². The van der Waals surface area contributed by atoms with E-state index in [1.54, 1.807) is 6.07 Å². The normalized spacial score (nSPS) is 18.2. The fourth-order valence-corrected chi connectivity index (χ4v) is 3.31. The van der Waals surface area contributed by atoms with Gasteiger partial charge >= 0.3 is 5.97 Å². The monoisotopic (exact) mass is 275 g/mol. The molecular formula is C16H18FNO2. The molecule has 1 aliphatic rings. The van der Waals surface area contributed by atoms with Crippen LogP contribution >= 0.6 is 0 Å². The number of hydrogen-bond acceptors (Lipinski definition) is 1. The van der Waals surface area contributed by atoms with Crippen LogP contribution in [0.2, 0.25) is 0 Å². The zero-order valence-electron chi connectivity index (χ0n) is 11.5. The standard InChI is InChI=1S/C16H18FNO2/c1-2-7-18-14-5-3-10(16(19)20)8-12(14)13-9-11(17)4-6-15(13)18/h4,6,9-10H,2-3,5,7-8H2,1H3,(H,19,20). The molecule has 0 aliphatic heterocycles. The number of nitrogens with zero attached hydrogens (tertiary/aromatic N) is 1. The van der Waals surface area contributed by atoms with Gasteiger partial charge in [-0.2, -0.15) is 0 Å². The molecule has 0 amide bonds. The molecule has 3 nitrogen and oxygen atoms in total. The molecule has 0 saturated heterocycles. The third kappa shape index (κ3) is 1.99. The minimum Gasteiger partial charge on any atom is -0.481 e. The Kier molecular flexibility index (Phi) is 3.24. The molecule has 4 heteroatoms. The Morgan fingerprint density at radius 3 is 3.00 bits per heavy atom. The Balaban J connectivity index is 2.19. The van der Waals surface area contributed by atoms with Gasteiger partial charge in [0.1, 0.15) is 5.82 Å². The summed E-state index contributed by atoms with van der Waals surface area (Å²) in [6.45, 7) is 3.01. The summed E-state index contributed by atoms with van der Waals surface area (Å²) in [5, 5.41) is 10.1. The molecule has 0 fully saturated rings. The zero-order chi connectivity index (χ0) is 14.3. The molecule has 1 aromatic heterocycles. The van der Waals surface area contributed by atoms with Crippen LogP contribution in [0.15, 0.2) is 18.2 Å². The summed E-state index contributed by atoms with van der Waals surface area (Å²) in [7, 11) is 0. The number of halogens is 1. The summed E-state index contributed by atoms with van der Waals surface area (Å²) in [4.78, 5) is 11.2. The highest BCUT2D eigenvalue weighted by molar-refractivity contribution is 5.87. The second-order valence-corrected chi connectivity index (χ2v) is 5.52. The number of rotatable bonds is 3. The number of benzene rings is 1. The number of carboxylic acids is 1. The number of aromatic nitrogens is 1. The van der Waals surface area contributed by atoms with Crippen LogP contribution in [0.25, 0.3) is 10.9 Å². The summed E-state index contributed by atoms with van der Waals surface area (Å²) in [5.74, 6) is -1.35. The third-order valence-electron chi connectivity index (χ3n) is 4.23. The van der Waals surface area contributed by atoms with Crippen molar-refractivity contribution in [3.05, 3.63) is 35.3 Å². The van der Waals surface area contributed by atoms with Gasteiger partial charge in [-0.1, -0.05) is 6.92 Å². The first-order valence-electron chi connectivity index (χ1n) is 7.14. The summed E-state index contributed by atoms with van der Waals surface area (Å²) >= 11 is 0. The van der Waals surface area contributed by atoms with Crippen molar-refractivity contribution in [2.45, 2.75) is 39.2 Å². The molecule has 1 atom stereocenters. The third-order valence-corrected chi connectivity index (χ3v) is 4.23. The van der Waals surface area contributed by atoms with E-state index in [0.717, 1.165) is 35.9 Å². The van der Waals surface area contributed by atoms with Gasteiger partial charge in [-0.3, -0.25) is 4.79 Å². The van der Waals surface area contributed by atoms with Crippen molar-refractivity contribution in [1.29, 1.82) is 0 Å². The number of aliphatic carboxylic acids is 1. The first-order valence-corrected chi connectivity index (χ1v) is 7.14. The molecule has 1 aliphatic carbocycles. The Morgan fingerprint density at radius 2 is 2.30 bits per heavy atom. The molecule has 0 spiro atoms. The molecule has 106 valence electrons. The molecule has 0 radical (unpaired) electrons. The first-order chi connectivity index (χ1) is 9.61. The van der Waals surface area contributed by atoms with Gasteiger partial charge < -0.3 is 9.67 Å². The Labute approximate surface area is 117 Å². The number of carboxylic acid groups (broad SMARTS) is 1. The maximum absolute atomic E-state index is 13.5. The minimum absolute atomic E-state index is 0.258. The molecule has 2 aromatic rings. The average Bonchev–Trinajstić information content (AvgIpc) is 2.73. The minimum atomic E-state index is -0.747. The highest BCUT2D eigenvalue weighted by atomic mass is 19.1. The van der Waals surface area contributed by atoms with E-state index in [4.69, 9.17) is 0 Å². The Hall–Kier alpha value is -1.84. The van der Waals surface area contributed by atoms with Gasteiger partial charge in [-0.25, -0.2) is 4.39 Å². The van der Waals surface area contributed by atoms with E-state index in [2.05, 4.69) is 11.5 Å². The zero-order valence-corrected chi connectivity index (χ0v) is 11.5. The number of carbonyl (C=O) groups is 1. The van der Waals surface area contributed by atoms with Crippen LogP contribution in [-0.2, 0) is 24.2 Å². The van der Waals surface area contributed by atoms with Crippen LogP contribution in [0.3, 0.4) is 0 Å². The van der Waals surface area contributed by atoms with Gasteiger partial charge in [-0.15, -0.1) is 0 Å². The quantitative estimate of drug-likeness (QED) is 0.933. The lowest BCUT2D eigenvalue weighted by Gasteiger charge is -2.21. The van der Waals surface area contributed by atoms with Crippen molar-refractivity contribution < 1.29 is 14.3 Å². The van der Waals surface area contributed by atoms with Crippen molar-refractivity contribution in [2.75, 3.05) is 0 Å². The van der Waals surface area contributed by atoms with Crippen molar-refractivity contribution in [2.24, 2.45) is 5.92 Å². The van der Waals surface area contributed by atoms with Crippen LogP contribution in [0.1, 0.15) is 31.0 Å². The van der Waals surface area contributed by atoms with E-state index >= 15 is 0 Å². The first kappa shape index (κ1) is 13.2. The maximum atomic E-state index is 13.5. The predicted molar refractivity (Wildman–Crippen MR) is 75.3 cm³/mol. The van der Waals surface area contributed by atoms with Gasteiger partial charge in [0.25, 0.3) is 0 Å². The second-order valence-electron chi connectivity index (χ2n) is 5.52. The molecule has 1 unspecified atom stereocenters. The molecule has 1 N–H and O–H groups in total. The number of hydrogen-bond donors (Lipinski definition) is 1. The van der Waals surface area contributed by atoms with E-state index in [1.165, 1.54) is 11.8 Å². The lowest BCUT2D eigenvalue weighted by atomic mass is 9.86. The fraction of sp³-hybridized carbons (Fsp3) is 0.438. The lowest BCUT2D eigenvalue weighted by molar-refractivity contribution is -0.142. The molecule has 0 saturated carbocycles. The van der Waals surface area contributed by atoms with Crippen molar-refractivity contribution in [1.82, 2.24) is 4.57 Å². The van der Waals surface area contributed by atoms with Gasteiger partial charge in [0.05, 0.1) is 5.92 Å². The molecule has 0 bridgehead atoms. The van der Waals surface area contributed by atoms with Crippen molar-refractivity contribution >= 4 is 16.9 Å². The fourth-order valence-electron chi connectivity index (χ4n) is 3.31. The SMILES string of the molecule is CCCn1c2c(c3cc(F)ccc31)CC(C(=O)O)CC2. The van der Waals surface area contributed by atoms with E-state index in [0.29, 0.717) is 12.8 Å². The molecule has 1 heterocycles. The van der Waals surface area contributed by atoms with E-state index in [1.807, 2.05) is 6.07 Å². The van der Waals surface area contributed by atoms with Gasteiger partial charge in [0.2, 0.25) is 0 Å². The summed E-state index contributed by atoms with van der Waals surface area (Å²) < 4.78 is 15.8. The van der Waals surface area contributed by atoms with Crippen LogP contribution in [0.4, 0.5) is 4.39 Å². The topological polar surface area (TPSA) is 42.2 Å². The number of fused-ring (bicyclic) bond motifs is 3. The lowest BCUT2D eigenvalue weighted by Crippen LogP contribution is -2.23. The van der Waals surface area contributed by atoms with Crippen molar-refractivity contribution in [3.63, 3.8) is 0 Å². The molecule has 1 aromatic carbocycles. The van der Waals surface area contributed by atoms with Crippen LogP contribution in [0.5, 0.6) is 0 Å². The van der Waals surface area contributed by atoms with E-state index in [9.17, 15) is 14.3 Å². The molecule has 20 heavy (non-hydrogen) atoms. The van der Waals surface area contributed by atoms with Crippen molar-refractivity contribution in [3.8, 4) is 0 Å². The van der Waals surface area contributed by atoms with Crippen LogP contribution in [0, 0.1) is 11.7 Å². The largest absolute Gasteiger partial charge is 0.481 e. The van der Waals surface area contributed by atoms with E-state index in [-0.39, 0.29) is 11.7 Å². The molecule has 3 rings (SSSR count). The van der Waals surface area contributed by atoms with Gasteiger partial charge in [0, 0.05) is 23.1 Å². The summed E-state index contributed by atoms with van der Waals surface area (Å²) in [6, 6.07) is 4.84. The number of aryl methyl sites for hydroxylation is 1. The highest BCUT2D eigenvalue weighted by Gasteiger charge is 2.29. The summed E-state index contributed by atoms with van der Waals surface area (Å²) in [5.41, 5.74) is 3.26. The average molecular weight is 275 g/mol. The van der Waals surface area contributed by atoms with Crippen LogP contribution in [-0.4, -0.2) is 15.6 Å². The predicted octanol–water partition coefficient (Wildman–Crippen LogP) is 3.38.